The van der Waals surface area contributed by atoms with Gasteiger partial charge in [-0.05, 0) is 12.8 Å². The Morgan fingerprint density at radius 3 is 2.82 bits per heavy atom. The third-order valence-electron chi connectivity index (χ3n) is 1.62. The topological polar surface area (TPSA) is 20.3 Å². The molecule has 11 heavy (non-hydrogen) atoms. The zero-order valence-corrected chi connectivity index (χ0v) is 8.12. The van der Waals surface area contributed by atoms with E-state index in [2.05, 4.69) is 0 Å². The number of amides is 1. The summed E-state index contributed by atoms with van der Waals surface area (Å²) in [6, 6.07) is 0. The van der Waals surface area contributed by atoms with Crippen LogP contribution in [0.5, 0.6) is 0 Å². The SMILES string of the molecule is O=CN1CCCCCCSS1. The Balaban J connectivity index is 2.24. The van der Waals surface area contributed by atoms with Crippen LogP contribution in [0.2, 0.25) is 0 Å². The molecule has 1 rings (SSSR count). The van der Waals surface area contributed by atoms with Crippen LogP contribution in [0.1, 0.15) is 25.7 Å². The number of nitrogens with zero attached hydrogens (tertiary/aromatic N) is 1. The highest BCUT2D eigenvalue weighted by Gasteiger charge is 2.04. The molecule has 0 saturated carbocycles. The van der Waals surface area contributed by atoms with Gasteiger partial charge >= 0.3 is 0 Å². The van der Waals surface area contributed by atoms with Crippen molar-refractivity contribution < 1.29 is 4.79 Å². The van der Waals surface area contributed by atoms with Gasteiger partial charge in [0.25, 0.3) is 0 Å². The third kappa shape index (κ3) is 3.91. The van der Waals surface area contributed by atoms with Gasteiger partial charge in [0.1, 0.15) is 0 Å². The molecule has 0 unspecified atom stereocenters. The molecular formula is C7H13NOS2. The molecule has 0 aliphatic carbocycles. The van der Waals surface area contributed by atoms with E-state index in [4.69, 9.17) is 0 Å². The van der Waals surface area contributed by atoms with Crippen molar-refractivity contribution in [2.45, 2.75) is 25.7 Å². The Morgan fingerprint density at radius 2 is 2.00 bits per heavy atom. The summed E-state index contributed by atoms with van der Waals surface area (Å²) in [6.45, 7) is 0.918. The van der Waals surface area contributed by atoms with Gasteiger partial charge in [0.05, 0.1) is 0 Å². The van der Waals surface area contributed by atoms with Gasteiger partial charge in [-0.25, -0.2) is 0 Å². The zero-order chi connectivity index (χ0) is 7.94. The van der Waals surface area contributed by atoms with Gasteiger partial charge in [0, 0.05) is 23.3 Å². The molecule has 0 radical (unpaired) electrons. The molecule has 1 saturated heterocycles. The summed E-state index contributed by atoms with van der Waals surface area (Å²) in [5.41, 5.74) is 0. The number of hydrogen-bond donors (Lipinski definition) is 0. The van der Waals surface area contributed by atoms with E-state index in [1.54, 1.807) is 26.1 Å². The Kier molecular flexibility index (Phi) is 4.86. The van der Waals surface area contributed by atoms with Crippen LogP contribution in [0.25, 0.3) is 0 Å². The van der Waals surface area contributed by atoms with E-state index in [1.807, 2.05) is 0 Å². The van der Waals surface area contributed by atoms with Gasteiger partial charge in [-0.2, -0.15) is 0 Å². The Bertz CT molecular complexity index is 111. The summed E-state index contributed by atoms with van der Waals surface area (Å²) in [6.07, 6.45) is 5.98. The third-order valence-corrected chi connectivity index (χ3v) is 4.03. The van der Waals surface area contributed by atoms with Crippen LogP contribution in [0.4, 0.5) is 0 Å². The van der Waals surface area contributed by atoms with Crippen LogP contribution < -0.4 is 0 Å². The van der Waals surface area contributed by atoms with Crippen LogP contribution in [0.3, 0.4) is 0 Å². The minimum absolute atomic E-state index is 0.918. The van der Waals surface area contributed by atoms with Crippen molar-refractivity contribution in [3.05, 3.63) is 0 Å². The molecule has 2 nitrogen and oxygen atoms in total. The van der Waals surface area contributed by atoms with Gasteiger partial charge in [-0.1, -0.05) is 23.6 Å². The summed E-state index contributed by atoms with van der Waals surface area (Å²) < 4.78 is 1.79. The Labute approximate surface area is 75.6 Å². The Hall–Kier alpha value is 0.170. The summed E-state index contributed by atoms with van der Waals surface area (Å²) in [5.74, 6) is 1.18. The molecule has 0 aromatic rings. The second-order valence-electron chi connectivity index (χ2n) is 2.56. The number of rotatable bonds is 1. The van der Waals surface area contributed by atoms with Crippen molar-refractivity contribution in [3.8, 4) is 0 Å². The van der Waals surface area contributed by atoms with Crippen molar-refractivity contribution in [3.63, 3.8) is 0 Å². The predicted octanol–water partition coefficient (Wildman–Crippen LogP) is 2.32. The van der Waals surface area contributed by atoms with Gasteiger partial charge < -0.3 is 0 Å². The highest BCUT2D eigenvalue weighted by Crippen LogP contribution is 2.27. The zero-order valence-electron chi connectivity index (χ0n) is 6.49. The van der Waals surface area contributed by atoms with E-state index >= 15 is 0 Å². The largest absolute Gasteiger partial charge is 0.280 e. The second-order valence-corrected chi connectivity index (χ2v) is 4.97. The minimum atomic E-state index is 0.918. The number of carbonyl (C=O) groups excluding carboxylic acids is 1. The molecule has 64 valence electrons. The van der Waals surface area contributed by atoms with Crippen molar-refractivity contribution in [1.29, 1.82) is 0 Å². The summed E-state index contributed by atoms with van der Waals surface area (Å²) in [7, 11) is 3.38. The van der Waals surface area contributed by atoms with Crippen LogP contribution in [-0.2, 0) is 4.79 Å². The molecule has 0 N–H and O–H groups in total. The first kappa shape index (κ1) is 9.26. The summed E-state index contributed by atoms with van der Waals surface area (Å²) in [4.78, 5) is 10.4. The lowest BCUT2D eigenvalue weighted by molar-refractivity contribution is -0.113. The second kappa shape index (κ2) is 5.77. The fourth-order valence-corrected chi connectivity index (χ4v) is 3.08. The smallest absolute Gasteiger partial charge is 0.220 e. The average Bonchev–Trinajstić information content (AvgIpc) is 2.16. The quantitative estimate of drug-likeness (QED) is 0.360. The predicted molar refractivity (Wildman–Crippen MR) is 51.3 cm³/mol. The normalized spacial score (nSPS) is 21.6. The van der Waals surface area contributed by atoms with Crippen molar-refractivity contribution in [1.82, 2.24) is 4.31 Å². The van der Waals surface area contributed by atoms with Crippen molar-refractivity contribution in [2.75, 3.05) is 12.3 Å². The van der Waals surface area contributed by atoms with E-state index in [1.165, 1.54) is 25.0 Å². The fraction of sp³-hybridized carbons (Fsp3) is 0.857. The van der Waals surface area contributed by atoms with E-state index in [0.717, 1.165) is 19.4 Å². The molecule has 0 aromatic carbocycles. The summed E-state index contributed by atoms with van der Waals surface area (Å²) in [5, 5.41) is 0. The lowest BCUT2D eigenvalue weighted by Gasteiger charge is -2.12. The molecule has 0 atom stereocenters. The standard InChI is InChI=1S/C7H13NOS2/c9-7-8-5-3-1-2-4-6-10-11-8/h7H,1-6H2. The molecule has 1 heterocycles. The molecular weight excluding hydrogens is 178 g/mol. The van der Waals surface area contributed by atoms with E-state index < -0.39 is 0 Å². The Morgan fingerprint density at radius 1 is 1.18 bits per heavy atom. The van der Waals surface area contributed by atoms with Crippen LogP contribution >= 0.6 is 21.8 Å². The maximum absolute atomic E-state index is 10.4. The molecule has 0 spiro atoms. The highest BCUT2D eigenvalue weighted by molar-refractivity contribution is 8.75. The van der Waals surface area contributed by atoms with Gasteiger partial charge in [0.15, 0.2) is 0 Å². The highest BCUT2D eigenvalue weighted by atomic mass is 33.1. The van der Waals surface area contributed by atoms with Crippen LogP contribution in [0, 0.1) is 0 Å². The van der Waals surface area contributed by atoms with E-state index in [0.29, 0.717) is 0 Å². The van der Waals surface area contributed by atoms with Crippen LogP contribution in [-0.4, -0.2) is 23.0 Å². The molecule has 0 aromatic heterocycles. The fourth-order valence-electron chi connectivity index (χ4n) is 0.995. The maximum atomic E-state index is 10.4. The number of hydrogen-bond acceptors (Lipinski definition) is 3. The monoisotopic (exact) mass is 191 g/mol. The van der Waals surface area contributed by atoms with E-state index in [-0.39, 0.29) is 0 Å². The lowest BCUT2D eigenvalue weighted by Crippen LogP contribution is -2.12. The molecule has 0 bridgehead atoms. The van der Waals surface area contributed by atoms with Gasteiger partial charge in [-0.3, -0.25) is 9.10 Å². The molecule has 1 fully saturated rings. The minimum Gasteiger partial charge on any atom is -0.280 e. The number of carbonyl (C=O) groups is 1. The van der Waals surface area contributed by atoms with Crippen molar-refractivity contribution in [2.24, 2.45) is 0 Å². The maximum Gasteiger partial charge on any atom is 0.220 e. The molecule has 1 aliphatic rings. The summed E-state index contributed by atoms with van der Waals surface area (Å²) >= 11 is 0. The lowest BCUT2D eigenvalue weighted by atomic mass is 10.2. The van der Waals surface area contributed by atoms with Crippen molar-refractivity contribution >= 4 is 28.2 Å². The average molecular weight is 191 g/mol. The van der Waals surface area contributed by atoms with E-state index in [9.17, 15) is 4.79 Å². The van der Waals surface area contributed by atoms with Gasteiger partial charge in [0.2, 0.25) is 6.41 Å². The van der Waals surface area contributed by atoms with Crippen LogP contribution in [0.15, 0.2) is 0 Å². The molecule has 1 amide bonds. The molecule has 1 aliphatic heterocycles. The first-order valence-electron chi connectivity index (χ1n) is 3.95. The first-order valence-corrected chi connectivity index (χ1v) is 6.22. The van der Waals surface area contributed by atoms with Gasteiger partial charge in [-0.15, -0.1) is 0 Å². The first-order chi connectivity index (χ1) is 5.43. The molecule has 4 heteroatoms.